The first-order valence-corrected chi connectivity index (χ1v) is 4.41. The summed E-state index contributed by atoms with van der Waals surface area (Å²) in [6.45, 7) is 0.587. The minimum atomic E-state index is -0.102. The van der Waals surface area contributed by atoms with Crippen LogP contribution in [0.3, 0.4) is 0 Å². The summed E-state index contributed by atoms with van der Waals surface area (Å²) >= 11 is 0. The molecule has 1 aliphatic rings. The minimum absolute atomic E-state index is 0.0231. The molecule has 2 atom stereocenters. The van der Waals surface area contributed by atoms with Crippen LogP contribution in [0.25, 0.3) is 0 Å². The van der Waals surface area contributed by atoms with Crippen molar-refractivity contribution in [1.29, 1.82) is 0 Å². The first-order chi connectivity index (χ1) is 6.33. The number of nitrogens with two attached hydrogens (primary N) is 1. The van der Waals surface area contributed by atoms with Gasteiger partial charge < -0.3 is 15.6 Å². The van der Waals surface area contributed by atoms with Gasteiger partial charge in [0.1, 0.15) is 5.75 Å². The largest absolute Gasteiger partial charge is 0.493 e. The molecular weight excluding hydrogens is 166 g/mol. The fourth-order valence-electron chi connectivity index (χ4n) is 1.61. The van der Waals surface area contributed by atoms with Crippen LogP contribution in [0.1, 0.15) is 11.6 Å². The molecule has 1 aromatic carbocycles. The van der Waals surface area contributed by atoms with Crippen molar-refractivity contribution >= 4 is 0 Å². The van der Waals surface area contributed by atoms with E-state index in [-0.39, 0.29) is 18.6 Å². The number of hydrogen-bond donors (Lipinski definition) is 2. The van der Waals surface area contributed by atoms with E-state index in [4.69, 9.17) is 15.6 Å². The van der Waals surface area contributed by atoms with Crippen molar-refractivity contribution in [2.75, 3.05) is 13.2 Å². The SMILES string of the molecule is N[C@H]1c2ccccc2OC[C@H]1CO. The molecule has 0 unspecified atom stereocenters. The first kappa shape index (κ1) is 8.53. The number of fused-ring (bicyclic) bond motifs is 1. The molecular formula is C10H13NO2. The van der Waals surface area contributed by atoms with Crippen molar-refractivity contribution in [3.8, 4) is 5.75 Å². The van der Waals surface area contributed by atoms with Gasteiger partial charge in [-0.1, -0.05) is 18.2 Å². The average Bonchev–Trinajstić information content (AvgIpc) is 2.19. The fourth-order valence-corrected chi connectivity index (χ4v) is 1.61. The lowest BCUT2D eigenvalue weighted by Crippen LogP contribution is -2.33. The Bertz CT molecular complexity index is 301. The van der Waals surface area contributed by atoms with Gasteiger partial charge in [-0.2, -0.15) is 0 Å². The Morgan fingerprint density at radius 2 is 2.23 bits per heavy atom. The van der Waals surface area contributed by atoms with Gasteiger partial charge in [0.15, 0.2) is 0 Å². The van der Waals surface area contributed by atoms with Crippen molar-refractivity contribution in [3.05, 3.63) is 29.8 Å². The summed E-state index contributed by atoms with van der Waals surface area (Å²) in [4.78, 5) is 0. The lowest BCUT2D eigenvalue weighted by molar-refractivity contribution is 0.124. The molecule has 0 bridgehead atoms. The van der Waals surface area contributed by atoms with Crippen molar-refractivity contribution in [3.63, 3.8) is 0 Å². The molecule has 13 heavy (non-hydrogen) atoms. The normalized spacial score (nSPS) is 26.3. The second-order valence-electron chi connectivity index (χ2n) is 3.32. The molecule has 0 radical (unpaired) electrons. The highest BCUT2D eigenvalue weighted by Gasteiger charge is 2.26. The van der Waals surface area contributed by atoms with Crippen LogP contribution in [0.5, 0.6) is 5.75 Å². The van der Waals surface area contributed by atoms with Crippen molar-refractivity contribution < 1.29 is 9.84 Å². The van der Waals surface area contributed by atoms with Crippen molar-refractivity contribution in [1.82, 2.24) is 0 Å². The minimum Gasteiger partial charge on any atom is -0.493 e. The number of rotatable bonds is 1. The highest BCUT2D eigenvalue weighted by Crippen LogP contribution is 2.32. The van der Waals surface area contributed by atoms with Crippen LogP contribution in [-0.2, 0) is 0 Å². The number of aliphatic hydroxyl groups is 1. The Kier molecular flexibility index (Phi) is 2.20. The van der Waals surface area contributed by atoms with E-state index >= 15 is 0 Å². The molecule has 0 saturated heterocycles. The second kappa shape index (κ2) is 3.36. The molecule has 2 rings (SSSR count). The maximum absolute atomic E-state index is 9.03. The zero-order valence-corrected chi connectivity index (χ0v) is 7.31. The van der Waals surface area contributed by atoms with E-state index in [0.29, 0.717) is 6.61 Å². The summed E-state index contributed by atoms with van der Waals surface area (Å²) in [5.41, 5.74) is 6.95. The predicted octanol–water partition coefficient (Wildman–Crippen LogP) is 0.687. The lowest BCUT2D eigenvalue weighted by atomic mass is 9.92. The van der Waals surface area contributed by atoms with Gasteiger partial charge in [-0.15, -0.1) is 0 Å². The summed E-state index contributed by atoms with van der Waals surface area (Å²) in [6.07, 6.45) is 0. The molecule has 1 aliphatic heterocycles. The van der Waals surface area contributed by atoms with Gasteiger partial charge in [-0.3, -0.25) is 0 Å². The van der Waals surface area contributed by atoms with E-state index in [1.54, 1.807) is 0 Å². The number of hydrogen-bond acceptors (Lipinski definition) is 3. The number of aliphatic hydroxyl groups excluding tert-OH is 1. The standard InChI is InChI=1S/C10H13NO2/c11-10-7(5-12)6-13-9-4-2-1-3-8(9)10/h1-4,7,10,12H,5-6,11H2/t7-,10-/m1/s1. The van der Waals surface area contributed by atoms with Gasteiger partial charge in [0.05, 0.1) is 13.2 Å². The second-order valence-corrected chi connectivity index (χ2v) is 3.32. The maximum Gasteiger partial charge on any atom is 0.124 e. The van der Waals surface area contributed by atoms with Crippen molar-refractivity contribution in [2.24, 2.45) is 11.7 Å². The monoisotopic (exact) mass is 179 g/mol. The molecule has 1 aromatic rings. The molecule has 3 nitrogen and oxygen atoms in total. The molecule has 0 aliphatic carbocycles. The molecule has 0 aromatic heterocycles. The number of benzene rings is 1. The predicted molar refractivity (Wildman–Crippen MR) is 49.4 cm³/mol. The lowest BCUT2D eigenvalue weighted by Gasteiger charge is -2.29. The van der Waals surface area contributed by atoms with Gasteiger partial charge in [0.25, 0.3) is 0 Å². The Labute approximate surface area is 77.1 Å². The van der Waals surface area contributed by atoms with E-state index in [1.807, 2.05) is 24.3 Å². The zero-order chi connectivity index (χ0) is 9.26. The Hall–Kier alpha value is -1.06. The third-order valence-electron chi connectivity index (χ3n) is 2.47. The summed E-state index contributed by atoms with van der Waals surface area (Å²) in [5.74, 6) is 0.870. The average molecular weight is 179 g/mol. The topological polar surface area (TPSA) is 55.5 Å². The Morgan fingerprint density at radius 3 is 3.00 bits per heavy atom. The highest BCUT2D eigenvalue weighted by atomic mass is 16.5. The van der Waals surface area contributed by atoms with Gasteiger partial charge >= 0.3 is 0 Å². The molecule has 1 heterocycles. The Morgan fingerprint density at radius 1 is 1.46 bits per heavy atom. The van der Waals surface area contributed by atoms with Gasteiger partial charge in [0.2, 0.25) is 0 Å². The zero-order valence-electron chi connectivity index (χ0n) is 7.31. The molecule has 3 N–H and O–H groups in total. The fraction of sp³-hybridized carbons (Fsp3) is 0.400. The van der Waals surface area contributed by atoms with Crippen LogP contribution in [0, 0.1) is 5.92 Å². The van der Waals surface area contributed by atoms with E-state index < -0.39 is 0 Å². The maximum atomic E-state index is 9.03. The third kappa shape index (κ3) is 1.41. The summed E-state index contributed by atoms with van der Waals surface area (Å²) in [7, 11) is 0. The van der Waals surface area contributed by atoms with Crippen LogP contribution in [0.15, 0.2) is 24.3 Å². The van der Waals surface area contributed by atoms with Crippen LogP contribution in [-0.4, -0.2) is 18.3 Å². The number of ether oxygens (including phenoxy) is 1. The smallest absolute Gasteiger partial charge is 0.124 e. The van der Waals surface area contributed by atoms with E-state index in [0.717, 1.165) is 11.3 Å². The van der Waals surface area contributed by atoms with E-state index in [2.05, 4.69) is 0 Å². The van der Waals surface area contributed by atoms with Crippen LogP contribution in [0.2, 0.25) is 0 Å². The van der Waals surface area contributed by atoms with Crippen molar-refractivity contribution in [2.45, 2.75) is 6.04 Å². The number of para-hydroxylation sites is 1. The molecule has 0 amide bonds. The molecule has 3 heteroatoms. The quantitative estimate of drug-likeness (QED) is 0.666. The summed E-state index contributed by atoms with van der Waals surface area (Å²) in [5, 5.41) is 9.03. The summed E-state index contributed by atoms with van der Waals surface area (Å²) in [6, 6.07) is 7.60. The molecule has 70 valence electrons. The Balaban J connectivity index is 2.33. The van der Waals surface area contributed by atoms with E-state index in [1.165, 1.54) is 0 Å². The first-order valence-electron chi connectivity index (χ1n) is 4.41. The summed E-state index contributed by atoms with van der Waals surface area (Å²) < 4.78 is 5.46. The van der Waals surface area contributed by atoms with Gasteiger partial charge in [-0.05, 0) is 6.07 Å². The van der Waals surface area contributed by atoms with Gasteiger partial charge in [0, 0.05) is 17.5 Å². The molecule has 0 saturated carbocycles. The van der Waals surface area contributed by atoms with E-state index in [9.17, 15) is 0 Å². The third-order valence-corrected chi connectivity index (χ3v) is 2.47. The van der Waals surface area contributed by atoms with Gasteiger partial charge in [-0.25, -0.2) is 0 Å². The van der Waals surface area contributed by atoms with Crippen LogP contribution >= 0.6 is 0 Å². The van der Waals surface area contributed by atoms with Crippen LogP contribution < -0.4 is 10.5 Å². The molecule has 0 fully saturated rings. The van der Waals surface area contributed by atoms with Crippen LogP contribution in [0.4, 0.5) is 0 Å². The highest BCUT2D eigenvalue weighted by molar-refractivity contribution is 5.37. The molecule has 0 spiro atoms.